The maximum absolute atomic E-state index is 9.07. The SMILES string of the molecule is CCN(c1nc(C)cc(C#N)n1)C1CCCCC1CN. The van der Waals surface area contributed by atoms with E-state index in [0.29, 0.717) is 30.1 Å². The van der Waals surface area contributed by atoms with Gasteiger partial charge in [-0.3, -0.25) is 0 Å². The monoisotopic (exact) mass is 273 g/mol. The Morgan fingerprint density at radius 3 is 2.80 bits per heavy atom. The predicted octanol–water partition coefficient (Wildman–Crippen LogP) is 2.00. The van der Waals surface area contributed by atoms with E-state index in [1.54, 1.807) is 6.07 Å². The summed E-state index contributed by atoms with van der Waals surface area (Å²) in [7, 11) is 0. The van der Waals surface area contributed by atoms with Crippen LogP contribution in [-0.4, -0.2) is 29.1 Å². The van der Waals surface area contributed by atoms with Gasteiger partial charge in [0, 0.05) is 18.3 Å². The summed E-state index contributed by atoms with van der Waals surface area (Å²) in [5, 5.41) is 9.07. The highest BCUT2D eigenvalue weighted by molar-refractivity contribution is 5.37. The Kier molecular flexibility index (Phi) is 4.91. The van der Waals surface area contributed by atoms with Gasteiger partial charge in [0.25, 0.3) is 0 Å². The van der Waals surface area contributed by atoms with E-state index in [0.717, 1.165) is 18.7 Å². The van der Waals surface area contributed by atoms with Gasteiger partial charge >= 0.3 is 0 Å². The summed E-state index contributed by atoms with van der Waals surface area (Å²) in [5.74, 6) is 1.17. The van der Waals surface area contributed by atoms with Gasteiger partial charge in [-0.25, -0.2) is 9.97 Å². The fourth-order valence-corrected chi connectivity index (χ4v) is 3.14. The molecule has 0 saturated heterocycles. The van der Waals surface area contributed by atoms with E-state index in [1.165, 1.54) is 19.3 Å². The van der Waals surface area contributed by atoms with Crippen LogP contribution in [-0.2, 0) is 0 Å². The Morgan fingerprint density at radius 1 is 1.40 bits per heavy atom. The number of anilines is 1. The van der Waals surface area contributed by atoms with E-state index < -0.39 is 0 Å². The average molecular weight is 273 g/mol. The molecule has 108 valence electrons. The molecule has 0 spiro atoms. The van der Waals surface area contributed by atoms with Crippen molar-refractivity contribution in [1.29, 1.82) is 5.26 Å². The summed E-state index contributed by atoms with van der Waals surface area (Å²) >= 11 is 0. The van der Waals surface area contributed by atoms with Crippen molar-refractivity contribution in [2.75, 3.05) is 18.0 Å². The summed E-state index contributed by atoms with van der Waals surface area (Å²) < 4.78 is 0. The van der Waals surface area contributed by atoms with E-state index in [4.69, 9.17) is 11.0 Å². The first-order valence-electron chi connectivity index (χ1n) is 7.42. The summed E-state index contributed by atoms with van der Waals surface area (Å²) in [5.41, 5.74) is 7.20. The molecule has 1 fully saturated rings. The number of aryl methyl sites for hydroxylation is 1. The molecule has 1 saturated carbocycles. The molecule has 20 heavy (non-hydrogen) atoms. The van der Waals surface area contributed by atoms with Crippen molar-refractivity contribution < 1.29 is 0 Å². The van der Waals surface area contributed by atoms with E-state index in [9.17, 15) is 0 Å². The lowest BCUT2D eigenvalue weighted by molar-refractivity contribution is 0.298. The van der Waals surface area contributed by atoms with Crippen LogP contribution in [0.15, 0.2) is 6.07 Å². The molecule has 0 radical (unpaired) electrons. The molecule has 1 aliphatic carbocycles. The Labute approximate surface area is 120 Å². The molecule has 5 heteroatoms. The second-order valence-electron chi connectivity index (χ2n) is 5.44. The van der Waals surface area contributed by atoms with Crippen LogP contribution < -0.4 is 10.6 Å². The van der Waals surface area contributed by atoms with Gasteiger partial charge in [0.1, 0.15) is 11.8 Å². The third kappa shape index (κ3) is 3.07. The maximum Gasteiger partial charge on any atom is 0.227 e. The molecule has 5 nitrogen and oxygen atoms in total. The molecule has 2 unspecified atom stereocenters. The largest absolute Gasteiger partial charge is 0.338 e. The Morgan fingerprint density at radius 2 is 2.15 bits per heavy atom. The van der Waals surface area contributed by atoms with E-state index in [-0.39, 0.29) is 0 Å². The maximum atomic E-state index is 9.07. The third-order valence-electron chi connectivity index (χ3n) is 4.13. The van der Waals surface area contributed by atoms with Crippen molar-refractivity contribution in [3.05, 3.63) is 17.5 Å². The third-order valence-corrected chi connectivity index (χ3v) is 4.13. The number of nitrogens with two attached hydrogens (primary N) is 1. The van der Waals surface area contributed by atoms with Crippen molar-refractivity contribution in [2.45, 2.75) is 45.6 Å². The molecule has 1 aromatic rings. The molecule has 1 aliphatic rings. The van der Waals surface area contributed by atoms with Crippen molar-refractivity contribution in [2.24, 2.45) is 11.7 Å². The molecule has 1 aromatic heterocycles. The zero-order valence-electron chi connectivity index (χ0n) is 12.3. The highest BCUT2D eigenvalue weighted by Gasteiger charge is 2.30. The topological polar surface area (TPSA) is 78.8 Å². The molecule has 0 amide bonds. The quantitative estimate of drug-likeness (QED) is 0.907. The van der Waals surface area contributed by atoms with Crippen LogP contribution >= 0.6 is 0 Å². The number of aromatic nitrogens is 2. The molecule has 1 heterocycles. The minimum Gasteiger partial charge on any atom is -0.338 e. The van der Waals surface area contributed by atoms with Crippen molar-refractivity contribution in [3.63, 3.8) is 0 Å². The van der Waals surface area contributed by atoms with Crippen LogP contribution in [0.5, 0.6) is 0 Å². The minimum absolute atomic E-state index is 0.395. The second kappa shape index (κ2) is 6.67. The second-order valence-corrected chi connectivity index (χ2v) is 5.44. The zero-order chi connectivity index (χ0) is 14.5. The van der Waals surface area contributed by atoms with Crippen molar-refractivity contribution in [1.82, 2.24) is 9.97 Å². The number of hydrogen-bond donors (Lipinski definition) is 1. The first-order valence-corrected chi connectivity index (χ1v) is 7.42. The van der Waals surface area contributed by atoms with E-state index in [1.807, 2.05) is 6.92 Å². The zero-order valence-corrected chi connectivity index (χ0v) is 12.3. The highest BCUT2D eigenvalue weighted by Crippen LogP contribution is 2.29. The molecule has 0 aromatic carbocycles. The van der Waals surface area contributed by atoms with Gasteiger partial charge in [0.15, 0.2) is 0 Å². The molecular formula is C15H23N5. The summed E-state index contributed by atoms with van der Waals surface area (Å²) in [6.45, 7) is 5.56. The van der Waals surface area contributed by atoms with Crippen molar-refractivity contribution in [3.8, 4) is 6.07 Å². The van der Waals surface area contributed by atoms with Crippen LogP contribution in [0, 0.1) is 24.2 Å². The van der Waals surface area contributed by atoms with E-state index >= 15 is 0 Å². The molecular weight excluding hydrogens is 250 g/mol. The van der Waals surface area contributed by atoms with Crippen LogP contribution in [0.2, 0.25) is 0 Å². The first kappa shape index (κ1) is 14.7. The molecule has 0 aliphatic heterocycles. The number of nitrogens with zero attached hydrogens (tertiary/aromatic N) is 4. The van der Waals surface area contributed by atoms with Gasteiger partial charge in [-0.05, 0) is 45.2 Å². The van der Waals surface area contributed by atoms with Crippen LogP contribution in [0.1, 0.15) is 44.0 Å². The van der Waals surface area contributed by atoms with E-state index in [2.05, 4.69) is 27.9 Å². The Balaban J connectivity index is 2.31. The lowest BCUT2D eigenvalue weighted by atomic mass is 9.83. The van der Waals surface area contributed by atoms with Crippen LogP contribution in [0.25, 0.3) is 0 Å². The van der Waals surface area contributed by atoms with Gasteiger partial charge in [0.05, 0.1) is 0 Å². The minimum atomic E-state index is 0.395. The Bertz CT molecular complexity index is 494. The van der Waals surface area contributed by atoms with Gasteiger partial charge in [-0.15, -0.1) is 0 Å². The number of rotatable bonds is 4. The van der Waals surface area contributed by atoms with Gasteiger partial charge in [-0.2, -0.15) is 5.26 Å². The predicted molar refractivity (Wildman–Crippen MR) is 79.3 cm³/mol. The molecule has 2 atom stereocenters. The summed E-state index contributed by atoms with van der Waals surface area (Å²) in [4.78, 5) is 11.1. The van der Waals surface area contributed by atoms with Gasteiger partial charge in [-0.1, -0.05) is 12.8 Å². The van der Waals surface area contributed by atoms with Gasteiger partial charge < -0.3 is 10.6 Å². The van der Waals surface area contributed by atoms with Gasteiger partial charge in [0.2, 0.25) is 5.95 Å². The number of hydrogen-bond acceptors (Lipinski definition) is 5. The lowest BCUT2D eigenvalue weighted by Gasteiger charge is -2.39. The van der Waals surface area contributed by atoms with Crippen molar-refractivity contribution >= 4 is 5.95 Å². The molecule has 0 bridgehead atoms. The standard InChI is InChI=1S/C15H23N5/c1-3-20(14-7-5-4-6-12(14)9-16)15-18-11(2)8-13(10-17)19-15/h8,12,14H,3-7,9,16H2,1-2H3. The lowest BCUT2D eigenvalue weighted by Crippen LogP contribution is -2.46. The summed E-state index contributed by atoms with van der Waals surface area (Å²) in [6, 6.07) is 4.23. The summed E-state index contributed by atoms with van der Waals surface area (Å²) in [6.07, 6.45) is 4.80. The number of nitriles is 1. The molecule has 2 rings (SSSR count). The van der Waals surface area contributed by atoms with Crippen LogP contribution in [0.3, 0.4) is 0 Å². The average Bonchev–Trinajstić information content (AvgIpc) is 2.48. The normalized spacial score (nSPS) is 22.3. The smallest absolute Gasteiger partial charge is 0.227 e. The van der Waals surface area contributed by atoms with Crippen LogP contribution in [0.4, 0.5) is 5.95 Å². The Hall–Kier alpha value is -1.67. The fourth-order valence-electron chi connectivity index (χ4n) is 3.14. The highest BCUT2D eigenvalue weighted by atomic mass is 15.3. The molecule has 2 N–H and O–H groups in total. The first-order chi connectivity index (χ1) is 9.69. The fraction of sp³-hybridized carbons (Fsp3) is 0.667.